The Morgan fingerprint density at radius 2 is 1.86 bits per heavy atom. The van der Waals surface area contributed by atoms with Crippen LogP contribution >= 0.6 is 0 Å². The first-order valence-corrected chi connectivity index (χ1v) is 9.50. The van der Waals surface area contributed by atoms with Crippen molar-refractivity contribution in [3.8, 4) is 0 Å². The molecule has 0 spiro atoms. The number of amides is 2. The molecular formula is C21H22F3N3O2. The molecule has 2 unspecified atom stereocenters. The standard InChI is InChI=1S/C21H22F3N3O2/c22-21(23,24)18-10-2-1-9-17(18)20(29)27-15-8-5-6-14(12-15)19(28)26-13-16-7-3-4-11-25-16/h3-8,11-12,17-18H,1-2,9-10,13H2,(H,26,28)(H,27,29). The summed E-state index contributed by atoms with van der Waals surface area (Å²) in [4.78, 5) is 29.0. The third-order valence-corrected chi connectivity index (χ3v) is 5.07. The minimum absolute atomic E-state index is 0.0302. The van der Waals surface area contributed by atoms with Crippen LogP contribution in [-0.4, -0.2) is 23.0 Å². The van der Waals surface area contributed by atoms with Crippen LogP contribution in [0, 0.1) is 11.8 Å². The van der Waals surface area contributed by atoms with E-state index < -0.39 is 23.9 Å². The zero-order chi connectivity index (χ0) is 20.9. The zero-order valence-electron chi connectivity index (χ0n) is 15.7. The van der Waals surface area contributed by atoms with E-state index in [0.717, 1.165) is 0 Å². The van der Waals surface area contributed by atoms with Crippen LogP contribution < -0.4 is 10.6 Å². The van der Waals surface area contributed by atoms with Gasteiger partial charge in [-0.1, -0.05) is 25.0 Å². The highest BCUT2D eigenvalue weighted by Crippen LogP contribution is 2.41. The molecule has 2 amide bonds. The average Bonchev–Trinajstić information content (AvgIpc) is 2.72. The summed E-state index contributed by atoms with van der Waals surface area (Å²) in [6.45, 7) is 0.242. The molecule has 0 radical (unpaired) electrons. The molecular weight excluding hydrogens is 383 g/mol. The highest BCUT2D eigenvalue weighted by Gasteiger charge is 2.48. The molecule has 2 atom stereocenters. The van der Waals surface area contributed by atoms with Crippen LogP contribution in [0.25, 0.3) is 0 Å². The number of carbonyl (C=O) groups excluding carboxylic acids is 2. The molecule has 0 bridgehead atoms. The van der Waals surface area contributed by atoms with Crippen molar-refractivity contribution in [3.63, 3.8) is 0 Å². The van der Waals surface area contributed by atoms with Crippen LogP contribution in [0.2, 0.25) is 0 Å². The topological polar surface area (TPSA) is 71.1 Å². The zero-order valence-corrected chi connectivity index (χ0v) is 15.7. The van der Waals surface area contributed by atoms with Crippen LogP contribution in [0.15, 0.2) is 48.7 Å². The summed E-state index contributed by atoms with van der Waals surface area (Å²) in [5.41, 5.74) is 1.29. The van der Waals surface area contributed by atoms with Crippen molar-refractivity contribution in [1.82, 2.24) is 10.3 Å². The lowest BCUT2D eigenvalue weighted by molar-refractivity contribution is -0.197. The highest BCUT2D eigenvalue weighted by molar-refractivity contribution is 5.97. The summed E-state index contributed by atoms with van der Waals surface area (Å²) < 4.78 is 39.7. The van der Waals surface area contributed by atoms with E-state index in [9.17, 15) is 22.8 Å². The number of halogens is 3. The van der Waals surface area contributed by atoms with Crippen molar-refractivity contribution in [1.29, 1.82) is 0 Å². The van der Waals surface area contributed by atoms with Crippen molar-refractivity contribution in [2.75, 3.05) is 5.32 Å². The quantitative estimate of drug-likeness (QED) is 0.778. The summed E-state index contributed by atoms with van der Waals surface area (Å²) in [6, 6.07) is 11.5. The predicted molar refractivity (Wildman–Crippen MR) is 102 cm³/mol. The number of rotatable bonds is 5. The molecule has 3 rings (SSSR count). The number of hydrogen-bond acceptors (Lipinski definition) is 3. The van der Waals surface area contributed by atoms with Crippen LogP contribution in [0.1, 0.15) is 41.7 Å². The predicted octanol–water partition coefficient (Wildman–Crippen LogP) is 4.32. The Balaban J connectivity index is 1.64. The van der Waals surface area contributed by atoms with E-state index >= 15 is 0 Å². The fourth-order valence-corrected chi connectivity index (χ4v) is 3.59. The Bertz CT molecular complexity index is 856. The monoisotopic (exact) mass is 405 g/mol. The summed E-state index contributed by atoms with van der Waals surface area (Å²) in [6.07, 6.45) is -1.52. The minimum atomic E-state index is -4.39. The van der Waals surface area contributed by atoms with Crippen molar-refractivity contribution < 1.29 is 22.8 Å². The smallest absolute Gasteiger partial charge is 0.346 e. The van der Waals surface area contributed by atoms with Gasteiger partial charge in [-0.25, -0.2) is 0 Å². The van der Waals surface area contributed by atoms with E-state index in [1.165, 1.54) is 6.07 Å². The molecule has 154 valence electrons. The molecule has 0 aliphatic heterocycles. The number of aromatic nitrogens is 1. The normalized spacial score (nSPS) is 19.4. The largest absolute Gasteiger partial charge is 0.392 e. The Morgan fingerprint density at radius 3 is 2.59 bits per heavy atom. The van der Waals surface area contributed by atoms with Gasteiger partial charge in [-0.3, -0.25) is 14.6 Å². The van der Waals surface area contributed by atoms with E-state index in [4.69, 9.17) is 0 Å². The van der Waals surface area contributed by atoms with Crippen molar-refractivity contribution in [3.05, 3.63) is 59.9 Å². The first-order valence-electron chi connectivity index (χ1n) is 9.50. The Morgan fingerprint density at radius 1 is 1.07 bits per heavy atom. The van der Waals surface area contributed by atoms with Crippen LogP contribution in [0.3, 0.4) is 0 Å². The second kappa shape index (κ2) is 9.07. The molecule has 8 heteroatoms. The van der Waals surface area contributed by atoms with Crippen LogP contribution in [0.5, 0.6) is 0 Å². The van der Waals surface area contributed by atoms with Crippen LogP contribution in [-0.2, 0) is 11.3 Å². The van der Waals surface area contributed by atoms with Crippen molar-refractivity contribution >= 4 is 17.5 Å². The Hall–Kier alpha value is -2.90. The summed E-state index contributed by atoms with van der Waals surface area (Å²) >= 11 is 0. The first kappa shape index (κ1) is 20.8. The molecule has 0 saturated heterocycles. The van der Waals surface area contributed by atoms with Gasteiger partial charge in [0.15, 0.2) is 0 Å². The van der Waals surface area contributed by atoms with Gasteiger partial charge >= 0.3 is 6.18 Å². The average molecular weight is 405 g/mol. The lowest BCUT2D eigenvalue weighted by atomic mass is 9.78. The SMILES string of the molecule is O=C(NCc1ccccn1)c1cccc(NC(=O)C2CCCCC2C(F)(F)F)c1. The van der Waals surface area contributed by atoms with E-state index in [1.807, 2.05) is 6.07 Å². The first-order chi connectivity index (χ1) is 13.8. The van der Waals surface area contributed by atoms with Gasteiger partial charge in [-0.05, 0) is 43.2 Å². The van der Waals surface area contributed by atoms with Crippen LogP contribution in [0.4, 0.5) is 18.9 Å². The molecule has 1 aromatic heterocycles. The molecule has 29 heavy (non-hydrogen) atoms. The fourth-order valence-electron chi connectivity index (χ4n) is 3.59. The van der Waals surface area contributed by atoms with E-state index in [-0.39, 0.29) is 25.3 Å². The maximum absolute atomic E-state index is 13.2. The number of alkyl halides is 3. The Labute approximate surface area is 166 Å². The lowest BCUT2D eigenvalue weighted by Crippen LogP contribution is -2.39. The third-order valence-electron chi connectivity index (χ3n) is 5.07. The second-order valence-electron chi connectivity index (χ2n) is 7.11. The van der Waals surface area contributed by atoms with E-state index in [2.05, 4.69) is 15.6 Å². The van der Waals surface area contributed by atoms with Crippen molar-refractivity contribution in [2.45, 2.75) is 38.4 Å². The number of nitrogens with zero attached hydrogens (tertiary/aromatic N) is 1. The third kappa shape index (κ3) is 5.56. The van der Waals surface area contributed by atoms with Gasteiger partial charge in [0, 0.05) is 23.4 Å². The number of pyridine rings is 1. The fraction of sp³-hybridized carbons (Fsp3) is 0.381. The van der Waals surface area contributed by atoms with Gasteiger partial charge in [0.05, 0.1) is 18.2 Å². The van der Waals surface area contributed by atoms with Crippen molar-refractivity contribution in [2.24, 2.45) is 11.8 Å². The van der Waals surface area contributed by atoms with Gasteiger partial charge in [-0.15, -0.1) is 0 Å². The molecule has 2 aromatic rings. The lowest BCUT2D eigenvalue weighted by Gasteiger charge is -2.32. The molecule has 1 saturated carbocycles. The summed E-state index contributed by atoms with van der Waals surface area (Å²) in [5, 5.41) is 5.27. The molecule has 1 fully saturated rings. The highest BCUT2D eigenvalue weighted by atomic mass is 19.4. The maximum Gasteiger partial charge on any atom is 0.392 e. The maximum atomic E-state index is 13.2. The number of benzene rings is 1. The molecule has 1 heterocycles. The number of carbonyl (C=O) groups is 2. The molecule has 5 nitrogen and oxygen atoms in total. The van der Waals surface area contributed by atoms with Gasteiger partial charge in [0.1, 0.15) is 0 Å². The number of hydrogen-bond donors (Lipinski definition) is 2. The van der Waals surface area contributed by atoms with Gasteiger partial charge in [-0.2, -0.15) is 13.2 Å². The molecule has 1 aromatic carbocycles. The van der Waals surface area contributed by atoms with Gasteiger partial charge < -0.3 is 10.6 Å². The molecule has 2 N–H and O–H groups in total. The van der Waals surface area contributed by atoms with Gasteiger partial charge in [0.2, 0.25) is 5.91 Å². The van der Waals surface area contributed by atoms with E-state index in [1.54, 1.807) is 36.5 Å². The minimum Gasteiger partial charge on any atom is -0.346 e. The summed E-state index contributed by atoms with van der Waals surface area (Å²) in [7, 11) is 0. The molecule has 1 aliphatic rings. The Kier molecular flexibility index (Phi) is 6.51. The molecule has 1 aliphatic carbocycles. The second-order valence-corrected chi connectivity index (χ2v) is 7.11. The number of nitrogens with one attached hydrogen (secondary N) is 2. The van der Waals surface area contributed by atoms with E-state index in [0.29, 0.717) is 29.8 Å². The summed E-state index contributed by atoms with van der Waals surface area (Å²) in [5.74, 6) is -3.75. The van der Waals surface area contributed by atoms with Gasteiger partial charge in [0.25, 0.3) is 5.91 Å². The number of anilines is 1.